The van der Waals surface area contributed by atoms with Gasteiger partial charge < -0.3 is 25.6 Å². The summed E-state index contributed by atoms with van der Waals surface area (Å²) in [5, 5.41) is 9.53. The molecule has 1 aliphatic heterocycles. The molecule has 2 aromatic rings. The molecule has 0 bridgehead atoms. The zero-order valence-electron chi connectivity index (χ0n) is 17.1. The Morgan fingerprint density at radius 3 is 2.48 bits per heavy atom. The molecular formula is C22H29N5O2. The van der Waals surface area contributed by atoms with Crippen LogP contribution in [0.15, 0.2) is 53.5 Å². The Hall–Kier alpha value is -3.22. The van der Waals surface area contributed by atoms with Crippen LogP contribution in [0.5, 0.6) is 5.75 Å². The number of piperazine rings is 1. The van der Waals surface area contributed by atoms with E-state index in [1.165, 1.54) is 5.56 Å². The van der Waals surface area contributed by atoms with Gasteiger partial charge in [0.15, 0.2) is 5.96 Å². The van der Waals surface area contributed by atoms with Crippen molar-refractivity contribution in [2.24, 2.45) is 4.99 Å². The van der Waals surface area contributed by atoms with Crippen molar-refractivity contribution in [3.63, 3.8) is 0 Å². The second-order valence-electron chi connectivity index (χ2n) is 6.89. The van der Waals surface area contributed by atoms with Gasteiger partial charge in [-0.3, -0.25) is 9.79 Å². The number of hydrogen-bond acceptors (Lipinski definition) is 4. The minimum atomic E-state index is 0.0755. The number of amides is 1. The van der Waals surface area contributed by atoms with Gasteiger partial charge >= 0.3 is 0 Å². The van der Waals surface area contributed by atoms with Gasteiger partial charge in [-0.05, 0) is 41.8 Å². The molecule has 0 radical (unpaired) electrons. The van der Waals surface area contributed by atoms with Gasteiger partial charge in [-0.2, -0.15) is 0 Å². The smallest absolute Gasteiger partial charge is 0.239 e. The second kappa shape index (κ2) is 10.4. The van der Waals surface area contributed by atoms with Gasteiger partial charge in [-0.1, -0.05) is 24.3 Å². The Morgan fingerprint density at radius 1 is 1.10 bits per heavy atom. The molecule has 0 aromatic heterocycles. The molecule has 0 atom stereocenters. The van der Waals surface area contributed by atoms with Crippen LogP contribution in [0, 0.1) is 0 Å². The van der Waals surface area contributed by atoms with Crippen molar-refractivity contribution in [3.05, 3.63) is 59.7 Å². The maximum absolute atomic E-state index is 11.5. The van der Waals surface area contributed by atoms with Crippen LogP contribution in [-0.4, -0.2) is 52.2 Å². The van der Waals surface area contributed by atoms with Gasteiger partial charge in [0.05, 0.1) is 13.7 Å². The molecule has 0 unspecified atom stereocenters. The van der Waals surface area contributed by atoms with Crippen molar-refractivity contribution in [3.8, 4) is 5.75 Å². The summed E-state index contributed by atoms with van der Waals surface area (Å²) in [6.07, 6.45) is 0.906. The van der Waals surface area contributed by atoms with E-state index in [0.29, 0.717) is 19.6 Å². The number of nitrogens with zero attached hydrogens (tertiary/aromatic N) is 2. The van der Waals surface area contributed by atoms with Crippen LogP contribution in [0.25, 0.3) is 0 Å². The number of aliphatic imine (C=N–C) groups is 1. The maximum Gasteiger partial charge on any atom is 0.239 e. The van der Waals surface area contributed by atoms with E-state index in [-0.39, 0.29) is 5.91 Å². The zero-order valence-corrected chi connectivity index (χ0v) is 17.1. The molecule has 154 valence electrons. The summed E-state index contributed by atoms with van der Waals surface area (Å²) in [5.74, 6) is 1.72. The first-order valence-electron chi connectivity index (χ1n) is 9.86. The molecule has 1 saturated heterocycles. The van der Waals surface area contributed by atoms with Gasteiger partial charge in [0.25, 0.3) is 0 Å². The Labute approximate surface area is 172 Å². The van der Waals surface area contributed by atoms with Crippen molar-refractivity contribution in [1.82, 2.24) is 16.0 Å². The number of benzene rings is 2. The van der Waals surface area contributed by atoms with Gasteiger partial charge in [0.2, 0.25) is 5.91 Å². The SMILES string of the molecule is CN=C(NCCc1ccc(OC)cc1)NCc1ccc(N2CCNC(=O)C2)cc1. The number of nitrogens with one attached hydrogen (secondary N) is 3. The van der Waals surface area contributed by atoms with Crippen molar-refractivity contribution < 1.29 is 9.53 Å². The highest BCUT2D eigenvalue weighted by molar-refractivity contribution is 5.82. The number of methoxy groups -OCH3 is 1. The number of guanidine groups is 1. The average molecular weight is 396 g/mol. The number of rotatable bonds is 7. The second-order valence-corrected chi connectivity index (χ2v) is 6.89. The third-order valence-electron chi connectivity index (χ3n) is 4.89. The van der Waals surface area contributed by atoms with Crippen molar-refractivity contribution in [2.75, 3.05) is 45.2 Å². The molecule has 0 saturated carbocycles. The minimum Gasteiger partial charge on any atom is -0.497 e. The third-order valence-corrected chi connectivity index (χ3v) is 4.89. The molecule has 1 heterocycles. The standard InChI is InChI=1S/C22H29N5O2/c1-23-22(25-12-11-17-5-9-20(29-2)10-6-17)26-15-18-3-7-19(8-4-18)27-14-13-24-21(28)16-27/h3-10H,11-16H2,1-2H3,(H,24,28)(H2,23,25,26). The summed E-state index contributed by atoms with van der Waals surface area (Å²) in [4.78, 5) is 17.9. The molecule has 3 N–H and O–H groups in total. The molecule has 29 heavy (non-hydrogen) atoms. The molecule has 0 spiro atoms. The zero-order chi connectivity index (χ0) is 20.5. The molecule has 3 rings (SSSR count). The van der Waals surface area contributed by atoms with E-state index < -0.39 is 0 Å². The summed E-state index contributed by atoms with van der Waals surface area (Å²) in [6.45, 7) is 3.43. The van der Waals surface area contributed by atoms with E-state index in [1.54, 1.807) is 14.2 Å². The Morgan fingerprint density at radius 2 is 1.83 bits per heavy atom. The van der Waals surface area contributed by atoms with E-state index in [4.69, 9.17) is 4.74 Å². The van der Waals surface area contributed by atoms with Crippen LogP contribution in [-0.2, 0) is 17.8 Å². The number of ether oxygens (including phenoxy) is 1. The molecule has 7 heteroatoms. The Balaban J connectivity index is 1.43. The molecule has 1 amide bonds. The van der Waals surface area contributed by atoms with Crippen molar-refractivity contribution in [1.29, 1.82) is 0 Å². The minimum absolute atomic E-state index is 0.0755. The summed E-state index contributed by atoms with van der Waals surface area (Å²) < 4.78 is 5.18. The molecular weight excluding hydrogens is 366 g/mol. The van der Waals surface area contributed by atoms with Gasteiger partial charge in [0, 0.05) is 38.9 Å². The van der Waals surface area contributed by atoms with Gasteiger partial charge in [-0.15, -0.1) is 0 Å². The molecule has 0 aliphatic carbocycles. The summed E-state index contributed by atoms with van der Waals surface area (Å²) in [7, 11) is 3.44. The largest absolute Gasteiger partial charge is 0.497 e. The van der Waals surface area contributed by atoms with E-state index in [0.717, 1.165) is 42.5 Å². The predicted octanol–water partition coefficient (Wildman–Crippen LogP) is 1.54. The van der Waals surface area contributed by atoms with E-state index in [1.807, 2.05) is 12.1 Å². The van der Waals surface area contributed by atoms with Crippen molar-refractivity contribution in [2.45, 2.75) is 13.0 Å². The Bertz CT molecular complexity index is 818. The van der Waals surface area contributed by atoms with Crippen molar-refractivity contribution >= 4 is 17.6 Å². The number of carbonyl (C=O) groups is 1. The molecule has 7 nitrogen and oxygen atoms in total. The topological polar surface area (TPSA) is 78.0 Å². The first-order valence-corrected chi connectivity index (χ1v) is 9.86. The van der Waals surface area contributed by atoms with E-state index in [2.05, 4.69) is 62.2 Å². The lowest BCUT2D eigenvalue weighted by Crippen LogP contribution is -2.47. The first kappa shape index (κ1) is 20.5. The highest BCUT2D eigenvalue weighted by atomic mass is 16.5. The average Bonchev–Trinajstić information content (AvgIpc) is 2.77. The molecule has 1 fully saturated rings. The van der Waals surface area contributed by atoms with Crippen LogP contribution >= 0.6 is 0 Å². The number of anilines is 1. The van der Waals surface area contributed by atoms with Gasteiger partial charge in [-0.25, -0.2) is 0 Å². The van der Waals surface area contributed by atoms with Gasteiger partial charge in [0.1, 0.15) is 5.75 Å². The normalized spacial score (nSPS) is 14.3. The highest BCUT2D eigenvalue weighted by Crippen LogP contribution is 2.16. The predicted molar refractivity (Wildman–Crippen MR) is 117 cm³/mol. The fraction of sp³-hybridized carbons (Fsp3) is 0.364. The monoisotopic (exact) mass is 395 g/mol. The van der Waals surface area contributed by atoms with Crippen LogP contribution in [0.2, 0.25) is 0 Å². The van der Waals surface area contributed by atoms with Crippen LogP contribution in [0.4, 0.5) is 5.69 Å². The first-order chi connectivity index (χ1) is 14.2. The van der Waals surface area contributed by atoms with Crippen LogP contribution < -0.4 is 25.6 Å². The third kappa shape index (κ3) is 6.14. The van der Waals surface area contributed by atoms with Crippen LogP contribution in [0.1, 0.15) is 11.1 Å². The van der Waals surface area contributed by atoms with Crippen LogP contribution in [0.3, 0.4) is 0 Å². The molecule has 1 aliphatic rings. The quantitative estimate of drug-likeness (QED) is 0.490. The Kier molecular flexibility index (Phi) is 7.33. The fourth-order valence-electron chi connectivity index (χ4n) is 3.21. The number of carbonyl (C=O) groups excluding carboxylic acids is 1. The fourth-order valence-corrected chi connectivity index (χ4v) is 3.21. The highest BCUT2D eigenvalue weighted by Gasteiger charge is 2.16. The lowest BCUT2D eigenvalue weighted by Gasteiger charge is -2.28. The lowest BCUT2D eigenvalue weighted by atomic mass is 10.1. The summed E-state index contributed by atoms with van der Waals surface area (Å²) in [6, 6.07) is 16.4. The maximum atomic E-state index is 11.5. The summed E-state index contributed by atoms with van der Waals surface area (Å²) >= 11 is 0. The van der Waals surface area contributed by atoms with E-state index >= 15 is 0 Å². The lowest BCUT2D eigenvalue weighted by molar-refractivity contribution is -0.120. The summed E-state index contributed by atoms with van der Waals surface area (Å²) in [5.41, 5.74) is 3.48. The molecule has 2 aromatic carbocycles. The van der Waals surface area contributed by atoms with E-state index in [9.17, 15) is 4.79 Å². The number of hydrogen-bond donors (Lipinski definition) is 3.